The molecule has 4 nitrogen and oxygen atoms in total. The van der Waals surface area contributed by atoms with Crippen LogP contribution < -0.4 is 0 Å². The van der Waals surface area contributed by atoms with Gasteiger partial charge in [0.15, 0.2) is 5.92 Å². The van der Waals surface area contributed by atoms with E-state index in [1.54, 1.807) is 6.08 Å². The first-order valence-corrected chi connectivity index (χ1v) is 4.69. The number of rotatable bonds is 4. The van der Waals surface area contributed by atoms with E-state index in [2.05, 4.69) is 4.74 Å². The van der Waals surface area contributed by atoms with Crippen LogP contribution in [0.5, 0.6) is 0 Å². The molecule has 0 radical (unpaired) electrons. The Morgan fingerprint density at radius 1 is 1.31 bits per heavy atom. The fourth-order valence-corrected chi connectivity index (χ4v) is 1.16. The first-order valence-electron chi connectivity index (χ1n) is 4.69. The third-order valence-corrected chi connectivity index (χ3v) is 2.00. The van der Waals surface area contributed by atoms with Gasteiger partial charge in [-0.3, -0.25) is 9.59 Å². The zero-order valence-electron chi connectivity index (χ0n) is 8.79. The maximum Gasteiger partial charge on any atom is 0.323 e. The molecule has 0 aromatic heterocycles. The summed E-state index contributed by atoms with van der Waals surface area (Å²) in [6, 6.07) is 9.13. The summed E-state index contributed by atoms with van der Waals surface area (Å²) in [4.78, 5) is 21.9. The Bertz CT molecular complexity index is 395. The monoisotopic (exact) mass is 220 g/mol. The molecule has 1 atom stereocenters. The molecular formula is C12H12O4. The fourth-order valence-electron chi connectivity index (χ4n) is 1.16. The SMILES string of the molecule is COC(=O)C(/C=C/c1ccccc1)C(=O)O. The van der Waals surface area contributed by atoms with E-state index in [9.17, 15) is 9.59 Å². The summed E-state index contributed by atoms with van der Waals surface area (Å²) >= 11 is 0. The van der Waals surface area contributed by atoms with Gasteiger partial charge in [-0.05, 0) is 5.56 Å². The second-order valence-electron chi connectivity index (χ2n) is 3.11. The van der Waals surface area contributed by atoms with Crippen molar-refractivity contribution in [3.63, 3.8) is 0 Å². The van der Waals surface area contributed by atoms with Gasteiger partial charge < -0.3 is 9.84 Å². The van der Waals surface area contributed by atoms with Crippen LogP contribution in [-0.2, 0) is 14.3 Å². The van der Waals surface area contributed by atoms with Crippen molar-refractivity contribution in [2.75, 3.05) is 7.11 Å². The van der Waals surface area contributed by atoms with Crippen molar-refractivity contribution in [3.8, 4) is 0 Å². The van der Waals surface area contributed by atoms with Gasteiger partial charge in [0.05, 0.1) is 7.11 Å². The zero-order valence-corrected chi connectivity index (χ0v) is 8.79. The molecule has 1 rings (SSSR count). The summed E-state index contributed by atoms with van der Waals surface area (Å²) in [7, 11) is 1.16. The number of esters is 1. The predicted molar refractivity (Wildman–Crippen MR) is 58.6 cm³/mol. The molecule has 1 unspecified atom stereocenters. The van der Waals surface area contributed by atoms with Crippen LogP contribution in [0.15, 0.2) is 36.4 Å². The first-order chi connectivity index (χ1) is 7.65. The molecule has 0 heterocycles. The number of carboxylic acid groups (broad SMARTS) is 1. The standard InChI is InChI=1S/C12H12O4/c1-16-12(15)10(11(13)14)8-7-9-5-3-2-4-6-9/h2-8,10H,1H3,(H,13,14)/b8-7+. The number of hydrogen-bond acceptors (Lipinski definition) is 3. The molecule has 0 fully saturated rings. The minimum Gasteiger partial charge on any atom is -0.480 e. The van der Waals surface area contributed by atoms with Crippen LogP contribution in [0.3, 0.4) is 0 Å². The number of carbonyl (C=O) groups is 2. The number of ether oxygens (including phenoxy) is 1. The van der Waals surface area contributed by atoms with E-state index in [4.69, 9.17) is 5.11 Å². The lowest BCUT2D eigenvalue weighted by atomic mass is 10.1. The molecule has 0 aliphatic rings. The summed E-state index contributed by atoms with van der Waals surface area (Å²) in [5.41, 5.74) is 0.831. The lowest BCUT2D eigenvalue weighted by Gasteiger charge is -2.04. The number of aliphatic carboxylic acids is 1. The van der Waals surface area contributed by atoms with Crippen LogP contribution in [-0.4, -0.2) is 24.2 Å². The summed E-state index contributed by atoms with van der Waals surface area (Å²) in [5, 5.41) is 8.80. The van der Waals surface area contributed by atoms with Gasteiger partial charge in [-0.25, -0.2) is 0 Å². The second-order valence-corrected chi connectivity index (χ2v) is 3.11. The van der Waals surface area contributed by atoms with E-state index < -0.39 is 17.9 Å². The van der Waals surface area contributed by atoms with Crippen molar-refractivity contribution < 1.29 is 19.4 Å². The van der Waals surface area contributed by atoms with Crippen molar-refractivity contribution in [3.05, 3.63) is 42.0 Å². The Kier molecular flexibility index (Phi) is 4.27. The van der Waals surface area contributed by atoms with Crippen molar-refractivity contribution in [2.24, 2.45) is 5.92 Å². The highest BCUT2D eigenvalue weighted by molar-refractivity contribution is 5.96. The number of methoxy groups -OCH3 is 1. The maximum absolute atomic E-state index is 11.1. The number of hydrogen-bond donors (Lipinski definition) is 1. The van der Waals surface area contributed by atoms with Crippen molar-refractivity contribution in [1.29, 1.82) is 0 Å². The quantitative estimate of drug-likeness (QED) is 0.618. The Morgan fingerprint density at radius 2 is 1.94 bits per heavy atom. The first kappa shape index (κ1) is 12.0. The third-order valence-electron chi connectivity index (χ3n) is 2.00. The van der Waals surface area contributed by atoms with E-state index in [1.165, 1.54) is 6.08 Å². The van der Waals surface area contributed by atoms with Gasteiger partial charge >= 0.3 is 11.9 Å². The average molecular weight is 220 g/mol. The molecule has 0 amide bonds. The van der Waals surface area contributed by atoms with Gasteiger partial charge in [-0.2, -0.15) is 0 Å². The van der Waals surface area contributed by atoms with Gasteiger partial charge in [0, 0.05) is 0 Å². The Hall–Kier alpha value is -2.10. The molecule has 0 aliphatic carbocycles. The van der Waals surface area contributed by atoms with Crippen LogP contribution in [0, 0.1) is 5.92 Å². The highest BCUT2D eigenvalue weighted by Crippen LogP contribution is 2.07. The lowest BCUT2D eigenvalue weighted by Crippen LogP contribution is -2.22. The van der Waals surface area contributed by atoms with Crippen LogP contribution in [0.4, 0.5) is 0 Å². The van der Waals surface area contributed by atoms with E-state index >= 15 is 0 Å². The van der Waals surface area contributed by atoms with Crippen molar-refractivity contribution >= 4 is 18.0 Å². The molecular weight excluding hydrogens is 208 g/mol. The summed E-state index contributed by atoms with van der Waals surface area (Å²) in [6.45, 7) is 0. The summed E-state index contributed by atoms with van der Waals surface area (Å²) in [6.07, 6.45) is 2.89. The molecule has 1 N–H and O–H groups in total. The molecule has 1 aromatic carbocycles. The lowest BCUT2D eigenvalue weighted by molar-refractivity contribution is -0.154. The predicted octanol–water partition coefficient (Wildman–Crippen LogP) is 1.57. The molecule has 84 valence electrons. The van der Waals surface area contributed by atoms with E-state index in [0.29, 0.717) is 0 Å². The number of carbonyl (C=O) groups excluding carboxylic acids is 1. The number of carboxylic acids is 1. The third kappa shape index (κ3) is 3.24. The molecule has 16 heavy (non-hydrogen) atoms. The average Bonchev–Trinajstić information content (AvgIpc) is 2.30. The van der Waals surface area contributed by atoms with E-state index in [-0.39, 0.29) is 0 Å². The second kappa shape index (κ2) is 5.70. The topological polar surface area (TPSA) is 63.6 Å². The van der Waals surface area contributed by atoms with Crippen LogP contribution in [0.1, 0.15) is 5.56 Å². The maximum atomic E-state index is 11.1. The van der Waals surface area contributed by atoms with E-state index in [1.807, 2.05) is 30.3 Å². The Morgan fingerprint density at radius 3 is 2.44 bits per heavy atom. The van der Waals surface area contributed by atoms with Gasteiger partial charge in [0.25, 0.3) is 0 Å². The molecule has 0 spiro atoms. The molecule has 0 bridgehead atoms. The molecule has 1 aromatic rings. The minimum atomic E-state index is -1.26. The zero-order chi connectivity index (χ0) is 12.0. The molecule has 0 saturated heterocycles. The van der Waals surface area contributed by atoms with Crippen LogP contribution in [0.25, 0.3) is 6.08 Å². The summed E-state index contributed by atoms with van der Waals surface area (Å²) in [5.74, 6) is -3.26. The van der Waals surface area contributed by atoms with Gasteiger partial charge in [-0.15, -0.1) is 0 Å². The molecule has 0 aliphatic heterocycles. The van der Waals surface area contributed by atoms with Crippen molar-refractivity contribution in [1.82, 2.24) is 0 Å². The highest BCUT2D eigenvalue weighted by atomic mass is 16.5. The minimum absolute atomic E-state index is 0.778. The van der Waals surface area contributed by atoms with Gasteiger partial charge in [0.1, 0.15) is 0 Å². The Balaban J connectivity index is 2.80. The van der Waals surface area contributed by atoms with Crippen LogP contribution >= 0.6 is 0 Å². The Labute approximate surface area is 93.2 Å². The summed E-state index contributed by atoms with van der Waals surface area (Å²) < 4.78 is 4.39. The van der Waals surface area contributed by atoms with E-state index in [0.717, 1.165) is 12.7 Å². The van der Waals surface area contributed by atoms with Gasteiger partial charge in [0.2, 0.25) is 0 Å². The molecule has 0 saturated carbocycles. The van der Waals surface area contributed by atoms with Gasteiger partial charge in [-0.1, -0.05) is 42.5 Å². The normalized spacial score (nSPS) is 12.3. The highest BCUT2D eigenvalue weighted by Gasteiger charge is 2.23. The number of benzene rings is 1. The smallest absolute Gasteiger partial charge is 0.323 e. The molecule has 4 heteroatoms. The largest absolute Gasteiger partial charge is 0.480 e. The van der Waals surface area contributed by atoms with Crippen LogP contribution in [0.2, 0.25) is 0 Å². The fraction of sp³-hybridized carbons (Fsp3) is 0.167. The van der Waals surface area contributed by atoms with Crippen molar-refractivity contribution in [2.45, 2.75) is 0 Å².